The van der Waals surface area contributed by atoms with Gasteiger partial charge in [0.25, 0.3) is 0 Å². The van der Waals surface area contributed by atoms with E-state index in [2.05, 4.69) is 70.3 Å². The van der Waals surface area contributed by atoms with Crippen LogP contribution < -0.4 is 0 Å². The number of hydrogen-bond acceptors (Lipinski definition) is 3. The molecule has 0 amide bonds. The van der Waals surface area contributed by atoms with Crippen LogP contribution in [0.25, 0.3) is 0 Å². The Morgan fingerprint density at radius 1 is 1.14 bits per heavy atom. The topological polar surface area (TPSA) is 18.5 Å². The van der Waals surface area contributed by atoms with Crippen LogP contribution in [0, 0.1) is 0 Å². The lowest BCUT2D eigenvalue weighted by Crippen LogP contribution is -2.42. The van der Waals surface area contributed by atoms with Crippen molar-refractivity contribution in [1.29, 1.82) is 0 Å². The highest BCUT2D eigenvalue weighted by Gasteiger charge is 2.38. The molecular weight excluding hydrogens is 296 g/mol. The van der Waals surface area contributed by atoms with Gasteiger partial charge in [0.1, 0.15) is 5.44 Å². The Bertz CT molecular complexity index is 479. The van der Waals surface area contributed by atoms with E-state index in [-0.39, 0.29) is 16.6 Å². The zero-order valence-corrected chi connectivity index (χ0v) is 15.4. The Morgan fingerprint density at radius 3 is 2.43 bits per heavy atom. The number of ether oxygens (including phenoxy) is 1. The molecule has 21 heavy (non-hydrogen) atoms. The molecule has 0 saturated heterocycles. The molecule has 0 N–H and O–H groups in total. The maximum atomic E-state index is 6.23. The summed E-state index contributed by atoms with van der Waals surface area (Å²) in [5.41, 5.74) is 0.0976. The molecule has 1 aliphatic rings. The second-order valence-electron chi connectivity index (χ2n) is 6.93. The molecule has 1 aromatic carbocycles. The summed E-state index contributed by atoms with van der Waals surface area (Å²) in [6, 6.07) is 10.4. The van der Waals surface area contributed by atoms with Gasteiger partial charge in [-0.15, -0.1) is 0 Å². The zero-order chi connectivity index (χ0) is 15.5. The van der Waals surface area contributed by atoms with Crippen molar-refractivity contribution < 1.29 is 9.16 Å². The number of rotatable bonds is 5. The fourth-order valence-electron chi connectivity index (χ4n) is 1.78. The summed E-state index contributed by atoms with van der Waals surface area (Å²) < 4.78 is 12.3. The molecule has 1 unspecified atom stereocenters. The molecule has 0 radical (unpaired) electrons. The molecule has 0 saturated carbocycles. The van der Waals surface area contributed by atoms with Crippen LogP contribution >= 0.6 is 11.8 Å². The highest BCUT2D eigenvalue weighted by Crippen LogP contribution is 2.37. The van der Waals surface area contributed by atoms with Crippen LogP contribution in [0.3, 0.4) is 0 Å². The number of benzene rings is 1. The van der Waals surface area contributed by atoms with Crippen molar-refractivity contribution in [3.8, 4) is 0 Å². The molecular formula is C17H26O2SSi. The molecule has 0 aliphatic carbocycles. The van der Waals surface area contributed by atoms with E-state index in [4.69, 9.17) is 9.16 Å². The Balaban J connectivity index is 1.80. The van der Waals surface area contributed by atoms with Gasteiger partial charge in [-0.3, -0.25) is 0 Å². The average molecular weight is 323 g/mol. The van der Waals surface area contributed by atoms with Gasteiger partial charge in [-0.1, -0.05) is 56.8 Å². The van der Waals surface area contributed by atoms with Gasteiger partial charge in [0.05, 0.1) is 12.7 Å². The molecule has 1 aromatic rings. The summed E-state index contributed by atoms with van der Waals surface area (Å²) in [7, 11) is -1.69. The van der Waals surface area contributed by atoms with Gasteiger partial charge in [0, 0.05) is 4.90 Å². The first-order valence-corrected chi connectivity index (χ1v) is 11.3. The molecule has 1 aliphatic heterocycles. The standard InChI is InChI=1S/C17H26O2SSi/c1-17(2,3)21(4,5)18-13-14-11-12-16(19-14)20-15-9-7-6-8-10-15/h6-12,14,16H,13H2,1-5H3/t14-,16?/m0/s1. The summed E-state index contributed by atoms with van der Waals surface area (Å²) in [5.74, 6) is 0. The summed E-state index contributed by atoms with van der Waals surface area (Å²) in [6.45, 7) is 12.0. The lowest BCUT2D eigenvalue weighted by atomic mass is 10.2. The third kappa shape index (κ3) is 4.71. The van der Waals surface area contributed by atoms with Gasteiger partial charge in [0.15, 0.2) is 8.32 Å². The van der Waals surface area contributed by atoms with Crippen molar-refractivity contribution in [2.24, 2.45) is 0 Å². The van der Waals surface area contributed by atoms with Crippen molar-refractivity contribution >= 4 is 20.1 Å². The van der Waals surface area contributed by atoms with Gasteiger partial charge in [0.2, 0.25) is 0 Å². The average Bonchev–Trinajstić information content (AvgIpc) is 2.84. The zero-order valence-electron chi connectivity index (χ0n) is 13.6. The molecule has 2 rings (SSSR count). The van der Waals surface area contributed by atoms with E-state index in [1.807, 2.05) is 6.07 Å². The van der Waals surface area contributed by atoms with Crippen LogP contribution in [0.1, 0.15) is 20.8 Å². The van der Waals surface area contributed by atoms with Crippen molar-refractivity contribution in [2.75, 3.05) is 6.61 Å². The van der Waals surface area contributed by atoms with Gasteiger partial charge in [-0.25, -0.2) is 0 Å². The first-order chi connectivity index (χ1) is 9.78. The minimum atomic E-state index is -1.69. The Morgan fingerprint density at radius 2 is 1.81 bits per heavy atom. The van der Waals surface area contributed by atoms with Crippen LogP contribution in [0.2, 0.25) is 18.1 Å². The highest BCUT2D eigenvalue weighted by molar-refractivity contribution is 8.00. The molecule has 0 fully saturated rings. The maximum Gasteiger partial charge on any atom is 0.192 e. The summed E-state index contributed by atoms with van der Waals surface area (Å²) in [5, 5.41) is 0.244. The van der Waals surface area contributed by atoms with Crippen molar-refractivity contribution in [1.82, 2.24) is 0 Å². The van der Waals surface area contributed by atoms with Gasteiger partial charge in [-0.05, 0) is 36.3 Å². The van der Waals surface area contributed by atoms with Crippen molar-refractivity contribution in [2.45, 2.75) is 55.3 Å². The second kappa shape index (κ2) is 6.69. The Hall–Kier alpha value is -0.553. The normalized spacial score (nSPS) is 22.7. The van der Waals surface area contributed by atoms with Crippen LogP contribution in [0.4, 0.5) is 0 Å². The fourth-order valence-corrected chi connectivity index (χ4v) is 3.74. The number of thioether (sulfide) groups is 1. The van der Waals surface area contributed by atoms with E-state index in [1.165, 1.54) is 4.90 Å². The maximum absolute atomic E-state index is 6.23. The predicted octanol–water partition coefficient (Wildman–Crippen LogP) is 5.08. The molecule has 4 heteroatoms. The summed E-state index contributed by atoms with van der Waals surface area (Å²) >= 11 is 1.74. The van der Waals surface area contributed by atoms with E-state index in [0.717, 1.165) is 0 Å². The summed E-state index contributed by atoms with van der Waals surface area (Å²) in [4.78, 5) is 1.23. The van der Waals surface area contributed by atoms with E-state index < -0.39 is 8.32 Å². The predicted molar refractivity (Wildman–Crippen MR) is 93.2 cm³/mol. The molecule has 0 spiro atoms. The largest absolute Gasteiger partial charge is 0.414 e. The van der Waals surface area contributed by atoms with Crippen molar-refractivity contribution in [3.63, 3.8) is 0 Å². The van der Waals surface area contributed by atoms with Gasteiger partial charge >= 0.3 is 0 Å². The fraction of sp³-hybridized carbons (Fsp3) is 0.529. The lowest BCUT2D eigenvalue weighted by Gasteiger charge is -2.36. The number of hydrogen-bond donors (Lipinski definition) is 0. The second-order valence-corrected chi connectivity index (χ2v) is 12.9. The molecule has 2 atom stereocenters. The van der Waals surface area contributed by atoms with Crippen LogP contribution in [-0.4, -0.2) is 26.5 Å². The lowest BCUT2D eigenvalue weighted by molar-refractivity contribution is 0.0648. The molecule has 1 heterocycles. The van der Waals surface area contributed by atoms with E-state index in [9.17, 15) is 0 Å². The Labute approximate surface area is 134 Å². The van der Waals surface area contributed by atoms with Crippen LogP contribution in [0.15, 0.2) is 47.4 Å². The van der Waals surface area contributed by atoms with Crippen molar-refractivity contribution in [3.05, 3.63) is 42.5 Å². The third-order valence-corrected chi connectivity index (χ3v) is 9.75. The molecule has 2 nitrogen and oxygen atoms in total. The van der Waals surface area contributed by atoms with Gasteiger partial charge < -0.3 is 9.16 Å². The smallest absolute Gasteiger partial charge is 0.192 e. The van der Waals surface area contributed by atoms with E-state index in [1.54, 1.807) is 11.8 Å². The van der Waals surface area contributed by atoms with Gasteiger partial charge in [-0.2, -0.15) is 0 Å². The quantitative estimate of drug-likeness (QED) is 0.556. The minimum absolute atomic E-state index is 0.0836. The first-order valence-electron chi connectivity index (χ1n) is 7.47. The highest BCUT2D eigenvalue weighted by atomic mass is 32.2. The van der Waals surface area contributed by atoms with Crippen LogP contribution in [0.5, 0.6) is 0 Å². The molecule has 0 bridgehead atoms. The third-order valence-electron chi connectivity index (χ3n) is 4.20. The monoisotopic (exact) mass is 322 g/mol. The summed E-state index contributed by atoms with van der Waals surface area (Å²) in [6.07, 6.45) is 4.35. The van der Waals surface area contributed by atoms with E-state index in [0.29, 0.717) is 6.61 Å². The minimum Gasteiger partial charge on any atom is -0.414 e. The molecule has 116 valence electrons. The van der Waals surface area contributed by atoms with Crippen LogP contribution in [-0.2, 0) is 9.16 Å². The SMILES string of the molecule is CC(C)(C)[Si](C)(C)OC[C@@H]1C=CC(Sc2ccccc2)O1. The van der Waals surface area contributed by atoms with E-state index >= 15 is 0 Å². The Kier molecular flexibility index (Phi) is 5.36. The molecule has 0 aromatic heterocycles. The first kappa shape index (κ1) is 16.8.